The molecular weight excluding hydrogens is 299 g/mol. The molecule has 1 heterocycles. The zero-order valence-corrected chi connectivity index (χ0v) is 11.3. The summed E-state index contributed by atoms with van der Waals surface area (Å²) in [5, 5.41) is 13.4. The van der Waals surface area contributed by atoms with Gasteiger partial charge in [-0.25, -0.2) is 9.52 Å². The molecule has 0 spiro atoms. The molecule has 0 atom stereocenters. The topological polar surface area (TPSA) is 61.0 Å². The number of rotatable bonds is 2. The lowest BCUT2D eigenvalue weighted by Gasteiger charge is -2.20. The van der Waals surface area contributed by atoms with E-state index in [4.69, 9.17) is 0 Å². The second-order valence-electron chi connectivity index (χ2n) is 5.27. The van der Waals surface area contributed by atoms with Crippen molar-refractivity contribution in [2.45, 2.75) is 24.4 Å². The average molecular weight is 311 g/mol. The van der Waals surface area contributed by atoms with Crippen LogP contribution in [0.1, 0.15) is 18.4 Å². The Morgan fingerprint density at radius 1 is 1.36 bits per heavy atom. The van der Waals surface area contributed by atoms with E-state index in [1.54, 1.807) is 0 Å². The van der Waals surface area contributed by atoms with Gasteiger partial charge >= 0.3 is 12.2 Å². The molecule has 22 heavy (non-hydrogen) atoms. The highest BCUT2D eigenvalue weighted by Crippen LogP contribution is 2.59. The van der Waals surface area contributed by atoms with Gasteiger partial charge in [0.15, 0.2) is 0 Å². The molecule has 1 aromatic heterocycles. The summed E-state index contributed by atoms with van der Waals surface area (Å²) < 4.78 is 40.8. The molecule has 2 aromatic rings. The number of benzene rings is 1. The number of imidazole rings is 1. The Hall–Kier alpha value is -2.51. The first-order valence-corrected chi connectivity index (χ1v) is 6.57. The van der Waals surface area contributed by atoms with Gasteiger partial charge in [-0.1, -0.05) is 12.1 Å². The van der Waals surface area contributed by atoms with Crippen molar-refractivity contribution >= 4 is 11.7 Å². The van der Waals surface area contributed by atoms with Gasteiger partial charge in [0.25, 0.3) is 6.33 Å². The van der Waals surface area contributed by atoms with E-state index in [-0.39, 0.29) is 24.1 Å². The molecular formula is C14H12F3N3O2. The van der Waals surface area contributed by atoms with Crippen LogP contribution < -0.4 is 10.0 Å². The Labute approximate surface area is 123 Å². The molecule has 0 bridgehead atoms. The molecule has 116 valence electrons. The van der Waals surface area contributed by atoms with E-state index in [1.807, 2.05) is 0 Å². The summed E-state index contributed by atoms with van der Waals surface area (Å²) >= 11 is 0. The van der Waals surface area contributed by atoms with Crippen molar-refractivity contribution < 1.29 is 22.7 Å². The maximum atomic E-state index is 13.1. The standard InChI is InChI=1S/C14H12F3N3O2/c15-14(16,17)13(4-5-13)10-2-1-3-11(8-10)18-12(21)19-6-7-20(22)9-19/h1-3,6-9H,4-5H2,(H,18,21). The lowest BCUT2D eigenvalue weighted by molar-refractivity contribution is -0.604. The smallest absolute Gasteiger partial charge is 0.417 e. The molecule has 1 saturated carbocycles. The summed E-state index contributed by atoms with van der Waals surface area (Å²) in [7, 11) is 0. The number of hydrogen-bond acceptors (Lipinski definition) is 2. The average Bonchev–Trinajstić information content (AvgIpc) is 3.16. The third-order valence-electron chi connectivity index (χ3n) is 3.81. The van der Waals surface area contributed by atoms with Crippen LogP contribution >= 0.6 is 0 Å². The van der Waals surface area contributed by atoms with E-state index in [2.05, 4.69) is 5.32 Å². The van der Waals surface area contributed by atoms with Crippen LogP contribution in [-0.4, -0.2) is 16.8 Å². The van der Waals surface area contributed by atoms with Crippen LogP contribution in [0.4, 0.5) is 23.7 Å². The molecule has 0 unspecified atom stereocenters. The van der Waals surface area contributed by atoms with Crippen LogP contribution in [0.2, 0.25) is 0 Å². The number of nitrogens with zero attached hydrogens (tertiary/aromatic N) is 2. The molecule has 1 aromatic carbocycles. The van der Waals surface area contributed by atoms with Gasteiger partial charge in [0.05, 0.1) is 5.41 Å². The Balaban J connectivity index is 1.82. The number of alkyl halides is 3. The summed E-state index contributed by atoms with van der Waals surface area (Å²) in [5.41, 5.74) is -1.40. The van der Waals surface area contributed by atoms with Crippen molar-refractivity contribution in [1.82, 2.24) is 4.57 Å². The van der Waals surface area contributed by atoms with Crippen molar-refractivity contribution in [2.24, 2.45) is 0 Å². The fourth-order valence-corrected chi connectivity index (χ4v) is 2.40. The summed E-state index contributed by atoms with van der Waals surface area (Å²) in [5.74, 6) is 0. The maximum Gasteiger partial charge on any atom is 0.417 e. The molecule has 1 aliphatic carbocycles. The number of hydrogen-bond donors (Lipinski definition) is 1. The minimum Gasteiger partial charge on any atom is -0.711 e. The van der Waals surface area contributed by atoms with Crippen LogP contribution in [0, 0.1) is 5.21 Å². The summed E-state index contributed by atoms with van der Waals surface area (Å²) in [6.07, 6.45) is -0.784. The predicted octanol–water partition coefficient (Wildman–Crippen LogP) is 2.80. The zero-order chi connectivity index (χ0) is 16.0. The van der Waals surface area contributed by atoms with E-state index in [1.165, 1.54) is 30.5 Å². The normalized spacial score (nSPS) is 16.3. The number of anilines is 1. The molecule has 3 rings (SSSR count). The van der Waals surface area contributed by atoms with Crippen molar-refractivity contribution in [2.75, 3.05) is 5.32 Å². The minimum atomic E-state index is -4.30. The molecule has 8 heteroatoms. The molecule has 1 N–H and O–H groups in total. The number of carbonyl (C=O) groups is 1. The molecule has 5 nitrogen and oxygen atoms in total. The van der Waals surface area contributed by atoms with Crippen LogP contribution in [0.25, 0.3) is 0 Å². The van der Waals surface area contributed by atoms with Gasteiger partial charge in [0.2, 0.25) is 0 Å². The van der Waals surface area contributed by atoms with E-state index in [0.717, 1.165) is 17.1 Å². The number of nitrogens with one attached hydrogen (secondary N) is 1. The first-order valence-electron chi connectivity index (χ1n) is 6.57. The van der Waals surface area contributed by atoms with Gasteiger partial charge in [-0.05, 0) is 30.5 Å². The molecule has 1 aliphatic rings. The van der Waals surface area contributed by atoms with E-state index >= 15 is 0 Å². The quantitative estimate of drug-likeness (QED) is 0.685. The summed E-state index contributed by atoms with van der Waals surface area (Å²) in [6, 6.07) is 5.09. The molecule has 0 aliphatic heterocycles. The van der Waals surface area contributed by atoms with E-state index in [0.29, 0.717) is 4.73 Å². The predicted molar refractivity (Wildman–Crippen MR) is 71.2 cm³/mol. The van der Waals surface area contributed by atoms with Gasteiger partial charge < -0.3 is 5.21 Å². The van der Waals surface area contributed by atoms with Gasteiger partial charge in [-0.15, -0.1) is 0 Å². The Bertz CT molecular complexity index is 720. The summed E-state index contributed by atoms with van der Waals surface area (Å²) in [6.45, 7) is 0. The maximum absolute atomic E-state index is 13.1. The highest BCUT2D eigenvalue weighted by molar-refractivity contribution is 5.90. The Kier molecular flexibility index (Phi) is 3.12. The summed E-state index contributed by atoms with van der Waals surface area (Å²) in [4.78, 5) is 11.9. The molecule has 1 amide bonds. The molecule has 0 saturated heterocycles. The zero-order valence-electron chi connectivity index (χ0n) is 11.3. The van der Waals surface area contributed by atoms with Crippen molar-refractivity contribution in [3.8, 4) is 0 Å². The minimum absolute atomic E-state index is 0.0572. The van der Waals surface area contributed by atoms with Crippen LogP contribution in [0.15, 0.2) is 43.0 Å². The molecule has 0 radical (unpaired) electrons. The van der Waals surface area contributed by atoms with Crippen LogP contribution in [-0.2, 0) is 5.41 Å². The van der Waals surface area contributed by atoms with Crippen LogP contribution in [0.3, 0.4) is 0 Å². The highest BCUT2D eigenvalue weighted by atomic mass is 19.4. The van der Waals surface area contributed by atoms with Crippen molar-refractivity contribution in [3.05, 3.63) is 53.8 Å². The third kappa shape index (κ3) is 2.40. The van der Waals surface area contributed by atoms with Gasteiger partial charge in [-0.2, -0.15) is 17.7 Å². The lowest BCUT2D eigenvalue weighted by atomic mass is 9.95. The third-order valence-corrected chi connectivity index (χ3v) is 3.81. The Morgan fingerprint density at radius 3 is 2.64 bits per heavy atom. The second kappa shape index (κ2) is 4.75. The first kappa shape index (κ1) is 14.4. The lowest BCUT2D eigenvalue weighted by Crippen LogP contribution is -2.29. The van der Waals surface area contributed by atoms with Crippen LogP contribution in [0.5, 0.6) is 0 Å². The monoisotopic (exact) mass is 311 g/mol. The van der Waals surface area contributed by atoms with Gasteiger partial charge in [0.1, 0.15) is 12.4 Å². The fraction of sp³-hybridized carbons (Fsp3) is 0.286. The number of aromatic nitrogens is 2. The van der Waals surface area contributed by atoms with Crippen molar-refractivity contribution in [3.63, 3.8) is 0 Å². The SMILES string of the molecule is O=C(Nc1cccc(C2(C(F)(F)F)CC2)c1)n1cc[n+]([O-])c1. The largest absolute Gasteiger partial charge is 0.711 e. The first-order chi connectivity index (χ1) is 10.3. The highest BCUT2D eigenvalue weighted by Gasteiger charge is 2.64. The number of carbonyl (C=O) groups excluding carboxylic acids is 1. The number of halogens is 3. The fourth-order valence-electron chi connectivity index (χ4n) is 2.40. The van der Waals surface area contributed by atoms with Gasteiger partial charge in [0, 0.05) is 5.69 Å². The van der Waals surface area contributed by atoms with Gasteiger partial charge in [-0.3, -0.25) is 5.32 Å². The molecule has 1 fully saturated rings. The number of amides is 1. The Morgan fingerprint density at radius 2 is 2.09 bits per heavy atom. The van der Waals surface area contributed by atoms with E-state index in [9.17, 15) is 23.2 Å². The van der Waals surface area contributed by atoms with Crippen molar-refractivity contribution in [1.29, 1.82) is 0 Å². The van der Waals surface area contributed by atoms with E-state index < -0.39 is 17.6 Å². The second-order valence-corrected chi connectivity index (χ2v) is 5.27.